The monoisotopic (exact) mass is 284 g/mol. The molecule has 0 aliphatic rings. The van der Waals surface area contributed by atoms with Crippen LogP contribution in [0.3, 0.4) is 0 Å². The molecule has 2 unspecified atom stereocenters. The molecule has 1 heterocycles. The average Bonchev–Trinajstić information content (AvgIpc) is 2.56. The zero-order chi connectivity index (χ0) is 15.1. The van der Waals surface area contributed by atoms with Crippen molar-refractivity contribution in [2.24, 2.45) is 10.9 Å². The Balaban J connectivity index is 2.07. The van der Waals surface area contributed by atoms with Crippen molar-refractivity contribution in [3.05, 3.63) is 66.0 Å². The Morgan fingerprint density at radius 3 is 2.48 bits per heavy atom. The lowest BCUT2D eigenvalue weighted by Crippen LogP contribution is -2.33. The summed E-state index contributed by atoms with van der Waals surface area (Å²) in [5.41, 5.74) is 7.99. The highest BCUT2D eigenvalue weighted by atomic mass is 16.4. The van der Waals surface area contributed by atoms with Crippen molar-refractivity contribution in [3.63, 3.8) is 0 Å². The van der Waals surface area contributed by atoms with E-state index >= 15 is 0 Å². The first-order valence-corrected chi connectivity index (χ1v) is 6.88. The highest BCUT2D eigenvalue weighted by Crippen LogP contribution is 2.17. The van der Waals surface area contributed by atoms with E-state index in [9.17, 15) is 0 Å². The predicted octanol–water partition coefficient (Wildman–Crippen LogP) is 2.26. The van der Waals surface area contributed by atoms with E-state index in [1.165, 1.54) is 0 Å². The Morgan fingerprint density at radius 2 is 1.86 bits per heavy atom. The lowest BCUT2D eigenvalue weighted by molar-refractivity contribution is 0.315. The fourth-order valence-corrected chi connectivity index (χ4v) is 2.21. The molecule has 5 heteroatoms. The van der Waals surface area contributed by atoms with Gasteiger partial charge >= 0.3 is 0 Å². The number of hydrogen-bond donors (Lipinski definition) is 3. The van der Waals surface area contributed by atoms with Crippen LogP contribution in [0.25, 0.3) is 0 Å². The van der Waals surface area contributed by atoms with Crippen LogP contribution in [0, 0.1) is 0 Å². The third kappa shape index (κ3) is 4.03. The second-order valence-corrected chi connectivity index (χ2v) is 4.90. The van der Waals surface area contributed by atoms with Gasteiger partial charge in [-0.3, -0.25) is 4.98 Å². The Hall–Kier alpha value is -2.40. The molecule has 1 aromatic carbocycles. The molecule has 0 aliphatic heterocycles. The Labute approximate surface area is 124 Å². The summed E-state index contributed by atoms with van der Waals surface area (Å²) in [6.45, 7) is 2.66. The maximum atomic E-state index is 8.98. The third-order valence-corrected chi connectivity index (χ3v) is 3.51. The number of pyridine rings is 1. The van der Waals surface area contributed by atoms with Crippen molar-refractivity contribution in [1.29, 1.82) is 0 Å². The Bertz CT molecular complexity index is 571. The summed E-state index contributed by atoms with van der Waals surface area (Å²) < 4.78 is 0. The second-order valence-electron chi connectivity index (χ2n) is 4.90. The van der Waals surface area contributed by atoms with Crippen LogP contribution >= 0.6 is 0 Å². The molecule has 0 radical (unpaired) electrons. The normalized spacial score (nSPS) is 14.6. The summed E-state index contributed by atoms with van der Waals surface area (Å²) in [6, 6.07) is 13.9. The van der Waals surface area contributed by atoms with Crippen LogP contribution in [0.1, 0.15) is 30.0 Å². The van der Waals surface area contributed by atoms with E-state index in [1.807, 2.05) is 42.5 Å². The topological polar surface area (TPSA) is 83.5 Å². The molecule has 0 spiro atoms. The van der Waals surface area contributed by atoms with Gasteiger partial charge in [0.2, 0.25) is 0 Å². The number of aromatic nitrogens is 1. The van der Waals surface area contributed by atoms with Crippen LogP contribution < -0.4 is 11.1 Å². The molecule has 2 atom stereocenters. The van der Waals surface area contributed by atoms with Gasteiger partial charge < -0.3 is 16.3 Å². The summed E-state index contributed by atoms with van der Waals surface area (Å²) >= 11 is 0. The molecule has 1 aromatic heterocycles. The van der Waals surface area contributed by atoms with Gasteiger partial charge in [0.15, 0.2) is 0 Å². The van der Waals surface area contributed by atoms with Crippen LogP contribution in [0.4, 0.5) is 0 Å². The van der Waals surface area contributed by atoms with Gasteiger partial charge in [-0.05, 0) is 30.2 Å². The molecule has 4 N–H and O–H groups in total. The molecule has 0 saturated carbocycles. The average molecular weight is 284 g/mol. The summed E-state index contributed by atoms with van der Waals surface area (Å²) in [4.78, 5) is 4.01. The van der Waals surface area contributed by atoms with Crippen LogP contribution in [-0.2, 0) is 0 Å². The maximum absolute atomic E-state index is 8.98. The Morgan fingerprint density at radius 1 is 1.19 bits per heavy atom. The van der Waals surface area contributed by atoms with Gasteiger partial charge in [-0.15, -0.1) is 0 Å². The summed E-state index contributed by atoms with van der Waals surface area (Å²) in [6.07, 6.45) is 3.54. The van der Waals surface area contributed by atoms with Gasteiger partial charge in [0, 0.05) is 25.0 Å². The van der Waals surface area contributed by atoms with Crippen molar-refractivity contribution in [2.75, 3.05) is 6.54 Å². The van der Waals surface area contributed by atoms with E-state index in [0.717, 1.165) is 11.1 Å². The molecule has 21 heavy (non-hydrogen) atoms. The number of oxime groups is 1. The van der Waals surface area contributed by atoms with Crippen molar-refractivity contribution >= 4 is 5.84 Å². The van der Waals surface area contributed by atoms with Crippen LogP contribution in [0.2, 0.25) is 0 Å². The van der Waals surface area contributed by atoms with Gasteiger partial charge in [-0.25, -0.2) is 0 Å². The van der Waals surface area contributed by atoms with Crippen molar-refractivity contribution in [1.82, 2.24) is 10.3 Å². The van der Waals surface area contributed by atoms with E-state index in [-0.39, 0.29) is 17.8 Å². The predicted molar refractivity (Wildman–Crippen MR) is 83.2 cm³/mol. The lowest BCUT2D eigenvalue weighted by atomic mass is 9.97. The minimum absolute atomic E-state index is 0.158. The number of rotatable bonds is 6. The molecular weight excluding hydrogens is 264 g/mol. The maximum Gasteiger partial charge on any atom is 0.147 e. The number of amidine groups is 1. The fourth-order valence-electron chi connectivity index (χ4n) is 2.21. The number of nitrogens with one attached hydrogen (secondary N) is 1. The zero-order valence-corrected chi connectivity index (χ0v) is 12.0. The molecule has 0 saturated heterocycles. The molecule has 0 amide bonds. The number of hydrogen-bond acceptors (Lipinski definition) is 4. The minimum atomic E-state index is -0.166. The number of nitrogens with zero attached hydrogens (tertiary/aromatic N) is 2. The van der Waals surface area contributed by atoms with Gasteiger partial charge in [0.05, 0.1) is 5.92 Å². The molecule has 2 rings (SSSR count). The largest absolute Gasteiger partial charge is 0.409 e. The van der Waals surface area contributed by atoms with Gasteiger partial charge in [0.25, 0.3) is 0 Å². The highest BCUT2D eigenvalue weighted by molar-refractivity contribution is 5.87. The molecule has 5 nitrogen and oxygen atoms in total. The van der Waals surface area contributed by atoms with Crippen LogP contribution in [0.5, 0.6) is 0 Å². The minimum Gasteiger partial charge on any atom is -0.409 e. The van der Waals surface area contributed by atoms with Crippen LogP contribution in [0.15, 0.2) is 60.0 Å². The summed E-state index contributed by atoms with van der Waals surface area (Å²) in [5, 5.41) is 15.5. The summed E-state index contributed by atoms with van der Waals surface area (Å²) in [7, 11) is 0. The van der Waals surface area contributed by atoms with Crippen LogP contribution in [-0.4, -0.2) is 22.6 Å². The molecule has 0 aliphatic carbocycles. The fraction of sp³-hybridized carbons (Fsp3) is 0.250. The number of nitrogens with two attached hydrogens (primary N) is 1. The first-order valence-electron chi connectivity index (χ1n) is 6.88. The van der Waals surface area contributed by atoms with Crippen molar-refractivity contribution < 1.29 is 5.21 Å². The lowest BCUT2D eigenvalue weighted by Gasteiger charge is -2.20. The van der Waals surface area contributed by atoms with E-state index in [1.54, 1.807) is 12.4 Å². The second kappa shape index (κ2) is 7.40. The van der Waals surface area contributed by atoms with E-state index in [0.29, 0.717) is 6.54 Å². The molecule has 2 aromatic rings. The molecule has 0 bridgehead atoms. The summed E-state index contributed by atoms with van der Waals surface area (Å²) in [5.74, 6) is 0.0381. The van der Waals surface area contributed by atoms with E-state index in [4.69, 9.17) is 10.9 Å². The standard InChI is InChI=1S/C16H20N4O/c1-12(13-7-9-18-10-8-13)19-11-15(16(17)20-21)14-5-3-2-4-6-14/h2-10,12,15,19,21H,11H2,1H3,(H2,17,20). The van der Waals surface area contributed by atoms with E-state index in [2.05, 4.69) is 22.4 Å². The van der Waals surface area contributed by atoms with E-state index < -0.39 is 0 Å². The van der Waals surface area contributed by atoms with Gasteiger partial charge in [0.1, 0.15) is 5.84 Å². The first-order chi connectivity index (χ1) is 10.2. The molecule has 0 fully saturated rings. The first kappa shape index (κ1) is 15.0. The SMILES string of the molecule is CC(NCC(C(N)=NO)c1ccccc1)c1ccncc1. The highest BCUT2D eigenvalue weighted by Gasteiger charge is 2.17. The Kier molecular flexibility index (Phi) is 5.29. The van der Waals surface area contributed by atoms with Gasteiger partial charge in [-0.1, -0.05) is 35.5 Å². The molecular formula is C16H20N4O. The molecule has 110 valence electrons. The number of benzene rings is 1. The van der Waals surface area contributed by atoms with Crippen molar-refractivity contribution in [2.45, 2.75) is 18.9 Å². The third-order valence-electron chi connectivity index (χ3n) is 3.51. The quantitative estimate of drug-likeness (QED) is 0.329. The van der Waals surface area contributed by atoms with Gasteiger partial charge in [-0.2, -0.15) is 0 Å². The zero-order valence-electron chi connectivity index (χ0n) is 12.0. The smallest absolute Gasteiger partial charge is 0.147 e. The van der Waals surface area contributed by atoms with Crippen molar-refractivity contribution in [3.8, 4) is 0 Å².